The number of methoxy groups -OCH3 is 1. The summed E-state index contributed by atoms with van der Waals surface area (Å²) in [5, 5.41) is 0.915. The van der Waals surface area contributed by atoms with Gasteiger partial charge < -0.3 is 0 Å². The van der Waals surface area contributed by atoms with Crippen molar-refractivity contribution in [2.45, 2.75) is 24.1 Å². The number of carbonyl (C=O) groups excluding carboxylic acids is 1. The Morgan fingerprint density at radius 1 is 1.22 bits per heavy atom. The number of rotatable bonds is 5. The fraction of sp³-hybridized carbons (Fsp3) is 0.263. The van der Waals surface area contributed by atoms with E-state index >= 15 is 0 Å². The second kappa shape index (κ2) is 7.58. The van der Waals surface area contributed by atoms with Gasteiger partial charge in [-0.2, -0.15) is 0 Å². The molecule has 0 amide bonds. The molecule has 2 aromatic rings. The summed E-state index contributed by atoms with van der Waals surface area (Å²) in [5.74, 6) is 1.09. The van der Waals surface area contributed by atoms with Gasteiger partial charge in [0.2, 0.25) is 0 Å². The molecular formula is C19H19NO2Se. The summed E-state index contributed by atoms with van der Waals surface area (Å²) in [5.41, 5.74) is 2.27. The Morgan fingerprint density at radius 3 is 2.78 bits per heavy atom. The predicted molar refractivity (Wildman–Crippen MR) is 92.4 cm³/mol. The molecule has 0 bridgehead atoms. The number of nitrogens with zero attached hydrogens (tertiary/aromatic N) is 1. The maximum atomic E-state index is 11.7. The van der Waals surface area contributed by atoms with E-state index in [1.54, 1.807) is 13.2 Å². The Bertz CT molecular complexity index is 713. The number of ether oxygens (including phenoxy) is 1. The summed E-state index contributed by atoms with van der Waals surface area (Å²) < 4.78 is 6.64. The van der Waals surface area contributed by atoms with Crippen molar-refractivity contribution in [2.75, 3.05) is 7.11 Å². The molecule has 1 unspecified atom stereocenters. The molecule has 1 aliphatic carbocycles. The molecule has 23 heavy (non-hydrogen) atoms. The Labute approximate surface area is 142 Å². The molecule has 3 nitrogen and oxygen atoms in total. The van der Waals surface area contributed by atoms with Crippen LogP contribution in [0.5, 0.6) is 5.88 Å². The van der Waals surface area contributed by atoms with E-state index in [4.69, 9.17) is 4.74 Å². The Kier molecular flexibility index (Phi) is 5.27. The van der Waals surface area contributed by atoms with Gasteiger partial charge in [-0.15, -0.1) is 0 Å². The van der Waals surface area contributed by atoms with Crippen molar-refractivity contribution in [3.05, 3.63) is 65.9 Å². The molecule has 1 atom stereocenters. The molecule has 118 valence electrons. The van der Waals surface area contributed by atoms with Crippen molar-refractivity contribution < 1.29 is 9.53 Å². The number of ketones is 1. The molecular weight excluding hydrogens is 353 g/mol. The van der Waals surface area contributed by atoms with Gasteiger partial charge in [-0.3, -0.25) is 0 Å². The summed E-state index contributed by atoms with van der Waals surface area (Å²) in [6.45, 7) is 0. The van der Waals surface area contributed by atoms with Gasteiger partial charge in [-0.25, -0.2) is 0 Å². The molecule has 1 heterocycles. The predicted octanol–water partition coefficient (Wildman–Crippen LogP) is 2.62. The maximum absolute atomic E-state index is 11.7. The van der Waals surface area contributed by atoms with Crippen LogP contribution in [-0.4, -0.2) is 32.8 Å². The van der Waals surface area contributed by atoms with Crippen LogP contribution in [-0.2, 0) is 10.1 Å². The number of carbonyl (C=O) groups is 1. The summed E-state index contributed by atoms with van der Waals surface area (Å²) >= 11 is 0.323. The zero-order valence-corrected chi connectivity index (χ0v) is 14.8. The number of pyridine rings is 1. The Hall–Kier alpha value is -1.90. The molecule has 3 rings (SSSR count). The van der Waals surface area contributed by atoms with Gasteiger partial charge in [0, 0.05) is 0 Å². The minimum absolute atomic E-state index is 0.205. The van der Waals surface area contributed by atoms with Crippen molar-refractivity contribution in [2.24, 2.45) is 0 Å². The number of allylic oxidation sites excluding steroid dienone is 2. The first-order valence-corrected chi connectivity index (χ1v) is 9.74. The van der Waals surface area contributed by atoms with Crippen LogP contribution in [0.25, 0.3) is 0 Å². The molecule has 1 aromatic heterocycles. The van der Waals surface area contributed by atoms with Crippen LogP contribution in [0, 0.1) is 0 Å². The first kappa shape index (κ1) is 16.0. The summed E-state index contributed by atoms with van der Waals surface area (Å²) in [6, 6.07) is 14.5. The average molecular weight is 372 g/mol. The number of aromatic nitrogens is 1. The van der Waals surface area contributed by atoms with Crippen LogP contribution in [0.2, 0.25) is 0 Å². The van der Waals surface area contributed by atoms with E-state index in [1.807, 2.05) is 18.2 Å². The quantitative estimate of drug-likeness (QED) is 0.758. The minimum atomic E-state index is 0.205. The second-order valence-electron chi connectivity index (χ2n) is 5.50. The van der Waals surface area contributed by atoms with Crippen LogP contribution in [0.15, 0.2) is 54.6 Å². The number of hydrogen-bond acceptors (Lipinski definition) is 3. The average Bonchev–Trinajstić information content (AvgIpc) is 2.60. The number of benzene rings is 1. The third kappa shape index (κ3) is 4.09. The van der Waals surface area contributed by atoms with Crippen molar-refractivity contribution in [1.82, 2.24) is 4.98 Å². The zero-order chi connectivity index (χ0) is 16.1. The number of hydrogen-bond donors (Lipinski definition) is 0. The third-order valence-electron chi connectivity index (χ3n) is 3.92. The molecule has 1 aliphatic rings. The second-order valence-corrected chi connectivity index (χ2v) is 7.70. The molecule has 1 aromatic carbocycles. The van der Waals surface area contributed by atoms with Crippen LogP contribution >= 0.6 is 0 Å². The normalized spacial score (nSPS) is 17.3. The van der Waals surface area contributed by atoms with Gasteiger partial charge >= 0.3 is 143 Å². The van der Waals surface area contributed by atoms with E-state index in [-0.39, 0.29) is 11.7 Å². The SMILES string of the molecule is COc1ccc(C2CC=CC(=O)C2)c(C[Se]c2ccccc2)n1. The molecule has 0 saturated heterocycles. The molecule has 0 N–H and O–H groups in total. The molecule has 0 spiro atoms. The first-order chi connectivity index (χ1) is 11.3. The van der Waals surface area contributed by atoms with E-state index in [2.05, 4.69) is 35.3 Å². The van der Waals surface area contributed by atoms with Crippen molar-refractivity contribution in [3.8, 4) is 5.88 Å². The standard InChI is InChI=1S/C19H19NO2Se/c1-22-19-11-10-17(14-6-5-7-15(21)12-14)18(20-19)13-23-16-8-3-2-4-9-16/h2-5,7-11,14H,6,12-13H2,1H3. The summed E-state index contributed by atoms with van der Waals surface area (Å²) in [6.07, 6.45) is 5.16. The third-order valence-corrected chi connectivity index (χ3v) is 6.07. The van der Waals surface area contributed by atoms with E-state index in [0.717, 1.165) is 17.4 Å². The van der Waals surface area contributed by atoms with E-state index in [0.29, 0.717) is 27.3 Å². The molecule has 0 saturated carbocycles. The molecule has 0 aliphatic heterocycles. The molecule has 0 radical (unpaired) electrons. The monoisotopic (exact) mass is 373 g/mol. The first-order valence-electron chi connectivity index (χ1n) is 7.67. The Balaban J connectivity index is 1.84. The molecule has 4 heteroatoms. The van der Waals surface area contributed by atoms with Gasteiger partial charge in [0.05, 0.1) is 0 Å². The van der Waals surface area contributed by atoms with Crippen LogP contribution in [0.1, 0.15) is 30.0 Å². The van der Waals surface area contributed by atoms with Gasteiger partial charge in [-0.1, -0.05) is 0 Å². The van der Waals surface area contributed by atoms with Gasteiger partial charge in [0.25, 0.3) is 0 Å². The Morgan fingerprint density at radius 2 is 2.04 bits per heavy atom. The fourth-order valence-electron chi connectivity index (χ4n) is 2.76. The van der Waals surface area contributed by atoms with Gasteiger partial charge in [0.15, 0.2) is 0 Å². The van der Waals surface area contributed by atoms with Gasteiger partial charge in [-0.05, 0) is 0 Å². The van der Waals surface area contributed by atoms with Crippen LogP contribution < -0.4 is 9.20 Å². The zero-order valence-electron chi connectivity index (χ0n) is 13.1. The van der Waals surface area contributed by atoms with Crippen LogP contribution in [0.3, 0.4) is 0 Å². The summed E-state index contributed by atoms with van der Waals surface area (Å²) in [7, 11) is 1.64. The van der Waals surface area contributed by atoms with Crippen molar-refractivity contribution in [3.63, 3.8) is 0 Å². The van der Waals surface area contributed by atoms with Gasteiger partial charge in [0.1, 0.15) is 0 Å². The van der Waals surface area contributed by atoms with E-state index in [1.165, 1.54) is 10.0 Å². The fourth-order valence-corrected chi connectivity index (χ4v) is 4.61. The summed E-state index contributed by atoms with van der Waals surface area (Å²) in [4.78, 5) is 16.4. The topological polar surface area (TPSA) is 39.2 Å². The van der Waals surface area contributed by atoms with Crippen molar-refractivity contribution in [1.29, 1.82) is 0 Å². The van der Waals surface area contributed by atoms with Crippen molar-refractivity contribution >= 4 is 25.2 Å². The van der Waals surface area contributed by atoms with E-state index in [9.17, 15) is 4.79 Å². The molecule has 0 fully saturated rings. The van der Waals surface area contributed by atoms with E-state index < -0.39 is 0 Å². The van der Waals surface area contributed by atoms with Crippen LogP contribution in [0.4, 0.5) is 0 Å².